The summed E-state index contributed by atoms with van der Waals surface area (Å²) in [5.41, 5.74) is -0.0221. The molecule has 1 unspecified atom stereocenters. The molecule has 1 aliphatic rings. The third kappa shape index (κ3) is 3.98. The van der Waals surface area contributed by atoms with E-state index < -0.39 is 40.6 Å². The summed E-state index contributed by atoms with van der Waals surface area (Å²) >= 11 is 0. The van der Waals surface area contributed by atoms with Crippen molar-refractivity contribution in [2.75, 3.05) is 20.2 Å². The first kappa shape index (κ1) is 22.2. The third-order valence-electron chi connectivity index (χ3n) is 5.35. The molecule has 0 saturated carbocycles. The van der Waals surface area contributed by atoms with Crippen molar-refractivity contribution < 1.29 is 28.9 Å². The maximum absolute atomic E-state index is 13.3. The lowest BCUT2D eigenvalue weighted by Crippen LogP contribution is -2.45. The molecule has 4 rings (SSSR count). The lowest BCUT2D eigenvalue weighted by atomic mass is 10.0. The summed E-state index contributed by atoms with van der Waals surface area (Å²) in [6, 6.07) is 5.79. The molecule has 11 heteroatoms. The number of ether oxygens (including phenoxy) is 1. The van der Waals surface area contributed by atoms with Gasteiger partial charge in [-0.15, -0.1) is 0 Å². The van der Waals surface area contributed by atoms with Crippen molar-refractivity contribution in [3.05, 3.63) is 63.3 Å². The number of halogens is 1. The number of hydrogen-bond acceptors (Lipinski definition) is 7. The van der Waals surface area contributed by atoms with Gasteiger partial charge < -0.3 is 25.6 Å². The zero-order chi connectivity index (χ0) is 23.7. The molecule has 0 saturated heterocycles. The molecule has 10 nitrogen and oxygen atoms in total. The van der Waals surface area contributed by atoms with Crippen molar-refractivity contribution >= 4 is 22.8 Å². The molecule has 172 valence electrons. The summed E-state index contributed by atoms with van der Waals surface area (Å²) < 4.78 is 20.4. The summed E-state index contributed by atoms with van der Waals surface area (Å²) in [5.74, 6) is -2.21. The largest absolute Gasteiger partial charge is 0.505 e. The van der Waals surface area contributed by atoms with Gasteiger partial charge in [0.15, 0.2) is 17.6 Å². The Morgan fingerprint density at radius 1 is 1.30 bits per heavy atom. The Kier molecular flexibility index (Phi) is 5.97. The molecule has 0 bridgehead atoms. The number of nitrogens with zero attached hydrogens (tertiary/aromatic N) is 2. The molecule has 33 heavy (non-hydrogen) atoms. The summed E-state index contributed by atoms with van der Waals surface area (Å²) in [4.78, 5) is 42.3. The van der Waals surface area contributed by atoms with Crippen LogP contribution in [0, 0.1) is 5.82 Å². The topological polar surface area (TPSA) is 143 Å². The van der Waals surface area contributed by atoms with Crippen LogP contribution in [0.25, 0.3) is 11.0 Å². The molecular weight excluding hydrogens is 435 g/mol. The van der Waals surface area contributed by atoms with Crippen molar-refractivity contribution in [2.24, 2.45) is 0 Å². The Labute approximate surface area is 186 Å². The minimum absolute atomic E-state index is 0.0445. The summed E-state index contributed by atoms with van der Waals surface area (Å²) in [6.07, 6.45) is 0.597. The molecule has 3 aromatic rings. The van der Waals surface area contributed by atoms with E-state index in [1.807, 2.05) is 0 Å². The maximum atomic E-state index is 13.3. The summed E-state index contributed by atoms with van der Waals surface area (Å²) in [5, 5.41) is 24.5. The maximum Gasteiger partial charge on any atom is 0.268 e. The van der Waals surface area contributed by atoms with Gasteiger partial charge in [-0.05, 0) is 17.7 Å². The number of rotatable bonds is 6. The highest BCUT2D eigenvalue weighted by Gasteiger charge is 2.34. The smallest absolute Gasteiger partial charge is 0.268 e. The van der Waals surface area contributed by atoms with E-state index in [-0.39, 0.29) is 42.9 Å². The fourth-order valence-corrected chi connectivity index (χ4v) is 3.76. The molecule has 0 spiro atoms. The Morgan fingerprint density at radius 2 is 2.03 bits per heavy atom. The van der Waals surface area contributed by atoms with Gasteiger partial charge >= 0.3 is 0 Å². The van der Waals surface area contributed by atoms with E-state index in [1.54, 1.807) is 12.1 Å². The van der Waals surface area contributed by atoms with Gasteiger partial charge in [-0.1, -0.05) is 12.1 Å². The number of aromatic nitrogens is 2. The molecule has 1 aromatic carbocycles. The van der Waals surface area contributed by atoms with E-state index in [0.717, 1.165) is 5.56 Å². The van der Waals surface area contributed by atoms with Crippen molar-refractivity contribution in [1.82, 2.24) is 20.2 Å². The van der Waals surface area contributed by atoms with Crippen molar-refractivity contribution in [1.29, 1.82) is 0 Å². The summed E-state index contributed by atoms with van der Waals surface area (Å²) in [6.45, 7) is -0.671. The molecule has 0 aliphatic carbocycles. The fourth-order valence-electron chi connectivity index (χ4n) is 3.76. The van der Waals surface area contributed by atoms with E-state index in [1.165, 1.54) is 29.9 Å². The average molecular weight is 456 g/mol. The molecule has 2 aromatic heterocycles. The molecule has 2 amide bonds. The average Bonchev–Trinajstić information content (AvgIpc) is 2.82. The second kappa shape index (κ2) is 8.87. The van der Waals surface area contributed by atoms with Crippen LogP contribution < -0.4 is 20.9 Å². The van der Waals surface area contributed by atoms with Crippen LogP contribution in [-0.4, -0.2) is 57.9 Å². The Morgan fingerprint density at radius 3 is 2.70 bits per heavy atom. The van der Waals surface area contributed by atoms with Crippen LogP contribution in [-0.2, 0) is 17.8 Å². The highest BCUT2D eigenvalue weighted by atomic mass is 19.1. The molecule has 0 fully saturated rings. The quantitative estimate of drug-likeness (QED) is 0.411. The van der Waals surface area contributed by atoms with Crippen LogP contribution in [0.15, 0.2) is 35.3 Å². The second-order valence-corrected chi connectivity index (χ2v) is 7.45. The van der Waals surface area contributed by atoms with Gasteiger partial charge in [-0.2, -0.15) is 0 Å². The molecule has 4 N–H and O–H groups in total. The Hall–Kier alpha value is -3.99. The third-order valence-corrected chi connectivity index (χ3v) is 5.35. The number of pyridine rings is 2. The predicted molar refractivity (Wildman–Crippen MR) is 115 cm³/mol. The number of benzene rings is 1. The summed E-state index contributed by atoms with van der Waals surface area (Å²) in [7, 11) is 1.43. The SMILES string of the molecule is CNC(=O)C1Cn2c(=O)c(C(=O)NCCO)c(O)c3ncc(Cc4ccc(F)cc4)c(c32)O1. The van der Waals surface area contributed by atoms with Gasteiger partial charge in [0, 0.05) is 31.8 Å². The highest BCUT2D eigenvalue weighted by molar-refractivity contribution is 6.02. The van der Waals surface area contributed by atoms with Crippen LogP contribution in [0.5, 0.6) is 11.5 Å². The van der Waals surface area contributed by atoms with Crippen LogP contribution >= 0.6 is 0 Å². The Bertz CT molecular complexity index is 1310. The lowest BCUT2D eigenvalue weighted by molar-refractivity contribution is -0.128. The molecule has 0 radical (unpaired) electrons. The number of aromatic hydroxyl groups is 1. The number of amides is 2. The first-order valence-electron chi connectivity index (χ1n) is 10.1. The van der Waals surface area contributed by atoms with Crippen LogP contribution in [0.4, 0.5) is 4.39 Å². The highest BCUT2D eigenvalue weighted by Crippen LogP contribution is 2.37. The number of carbonyl (C=O) groups excluding carboxylic acids is 2. The number of likely N-dealkylation sites (N-methyl/N-ethyl adjacent to an activating group) is 1. The Balaban J connectivity index is 1.92. The van der Waals surface area contributed by atoms with Crippen molar-refractivity contribution in [3.63, 3.8) is 0 Å². The minimum Gasteiger partial charge on any atom is -0.505 e. The van der Waals surface area contributed by atoms with E-state index in [4.69, 9.17) is 9.84 Å². The van der Waals surface area contributed by atoms with Gasteiger partial charge in [0.25, 0.3) is 17.4 Å². The minimum atomic E-state index is -1.07. The van der Waals surface area contributed by atoms with Gasteiger partial charge in [0.05, 0.1) is 13.2 Å². The van der Waals surface area contributed by atoms with Crippen molar-refractivity contribution in [3.8, 4) is 11.5 Å². The fraction of sp³-hybridized carbons (Fsp3) is 0.273. The molecule has 3 heterocycles. The molecule has 1 aliphatic heterocycles. The van der Waals surface area contributed by atoms with Gasteiger partial charge in [0.1, 0.15) is 22.4 Å². The number of carbonyl (C=O) groups is 2. The van der Waals surface area contributed by atoms with Crippen LogP contribution in [0.2, 0.25) is 0 Å². The van der Waals surface area contributed by atoms with Crippen LogP contribution in [0.1, 0.15) is 21.5 Å². The lowest BCUT2D eigenvalue weighted by Gasteiger charge is -2.28. The van der Waals surface area contributed by atoms with Gasteiger partial charge in [-0.25, -0.2) is 4.39 Å². The molecule has 1 atom stereocenters. The standard InChI is InChI=1S/C22H21FN4O6/c1-24-20(30)14-10-27-17-16(18(29)15(22(27)32)21(31)25-6-7-28)26-9-12(19(17)33-14)8-11-2-4-13(23)5-3-11/h2-5,9,14,28-29H,6-8,10H2,1H3,(H,24,30)(H,25,31). The van der Waals surface area contributed by atoms with Crippen LogP contribution in [0.3, 0.4) is 0 Å². The number of aliphatic hydroxyl groups is 1. The van der Waals surface area contributed by atoms with E-state index in [9.17, 15) is 23.9 Å². The first-order valence-corrected chi connectivity index (χ1v) is 10.1. The molecular formula is C22H21FN4O6. The number of aliphatic hydroxyl groups excluding tert-OH is 1. The van der Waals surface area contributed by atoms with Gasteiger partial charge in [-0.3, -0.25) is 23.9 Å². The predicted octanol–water partition coefficient (Wildman–Crippen LogP) is 0.0611. The van der Waals surface area contributed by atoms with E-state index >= 15 is 0 Å². The number of hydrogen-bond donors (Lipinski definition) is 4. The number of nitrogens with one attached hydrogen (secondary N) is 2. The second-order valence-electron chi connectivity index (χ2n) is 7.45. The first-order chi connectivity index (χ1) is 15.8. The zero-order valence-corrected chi connectivity index (χ0v) is 17.6. The normalized spacial score (nSPS) is 14.6. The van der Waals surface area contributed by atoms with E-state index in [2.05, 4.69) is 15.6 Å². The monoisotopic (exact) mass is 456 g/mol. The van der Waals surface area contributed by atoms with E-state index in [0.29, 0.717) is 5.56 Å². The van der Waals surface area contributed by atoms with Crippen molar-refractivity contribution in [2.45, 2.75) is 19.1 Å². The zero-order valence-electron chi connectivity index (χ0n) is 17.6. The van der Waals surface area contributed by atoms with Gasteiger partial charge in [0.2, 0.25) is 0 Å².